The normalized spacial score (nSPS) is 11.7. The van der Waals surface area contributed by atoms with Crippen molar-refractivity contribution < 1.29 is 13.2 Å². The highest BCUT2D eigenvalue weighted by Crippen LogP contribution is 2.22. The highest BCUT2D eigenvalue weighted by Gasteiger charge is 2.13. The third kappa shape index (κ3) is 8.51. The van der Waals surface area contributed by atoms with Crippen molar-refractivity contribution in [1.82, 2.24) is 10.6 Å². The Labute approximate surface area is 197 Å². The summed E-state index contributed by atoms with van der Waals surface area (Å²) in [7, 11) is -3.33. The minimum Gasteiger partial charge on any atom is -0.491 e. The van der Waals surface area contributed by atoms with Crippen molar-refractivity contribution in [3.8, 4) is 5.75 Å². The van der Waals surface area contributed by atoms with Crippen LogP contribution in [0.25, 0.3) is 0 Å². The molecule has 0 aliphatic rings. The second-order valence-electron chi connectivity index (χ2n) is 7.03. The Morgan fingerprint density at radius 3 is 2.43 bits per heavy atom. The van der Waals surface area contributed by atoms with Gasteiger partial charge in [-0.05, 0) is 51.5 Å². The first kappa shape index (κ1) is 26.2. The average Bonchev–Trinajstić information content (AvgIpc) is 2.67. The fourth-order valence-electron chi connectivity index (χ4n) is 2.71. The van der Waals surface area contributed by atoms with Gasteiger partial charge in [0.2, 0.25) is 0 Å². The maximum absolute atomic E-state index is 12.4. The molecule has 0 aliphatic heterocycles. The van der Waals surface area contributed by atoms with E-state index in [1.165, 1.54) is 0 Å². The summed E-state index contributed by atoms with van der Waals surface area (Å²) in [6, 6.07) is 14.5. The number of guanidine groups is 1. The van der Waals surface area contributed by atoms with Gasteiger partial charge >= 0.3 is 0 Å². The first-order valence-electron chi connectivity index (χ1n) is 9.88. The number of ether oxygens (including phenoxy) is 1. The first-order chi connectivity index (χ1) is 13.8. The third-order valence-electron chi connectivity index (χ3n) is 4.10. The zero-order valence-electron chi connectivity index (χ0n) is 18.0. The molecule has 0 aromatic heterocycles. The van der Waals surface area contributed by atoms with Crippen LogP contribution in [0.1, 0.15) is 31.9 Å². The Kier molecular flexibility index (Phi) is 11.2. The molecule has 0 atom stereocenters. The number of nitrogens with zero attached hydrogens (tertiary/aromatic N) is 1. The van der Waals surface area contributed by atoms with E-state index in [4.69, 9.17) is 4.74 Å². The molecule has 0 unspecified atom stereocenters. The average molecular weight is 545 g/mol. The van der Waals surface area contributed by atoms with E-state index in [9.17, 15) is 8.42 Å². The molecule has 0 amide bonds. The van der Waals surface area contributed by atoms with Gasteiger partial charge in [-0.1, -0.05) is 30.3 Å². The summed E-state index contributed by atoms with van der Waals surface area (Å²) in [5.74, 6) is 1.39. The monoisotopic (exact) mass is 545 g/mol. The predicted molar refractivity (Wildman–Crippen MR) is 134 cm³/mol. The number of aryl methyl sites for hydroxylation is 1. The second-order valence-corrected chi connectivity index (χ2v) is 9.14. The Morgan fingerprint density at radius 2 is 1.80 bits per heavy atom. The highest BCUT2D eigenvalue weighted by atomic mass is 127. The molecule has 0 radical (unpaired) electrons. The highest BCUT2D eigenvalue weighted by molar-refractivity contribution is 14.0. The minimum absolute atomic E-state index is 0. The van der Waals surface area contributed by atoms with E-state index in [1.807, 2.05) is 45.9 Å². The molecule has 2 rings (SSSR count). The molecule has 8 heteroatoms. The molecule has 0 fully saturated rings. The second kappa shape index (κ2) is 12.8. The number of sulfone groups is 1. The smallest absolute Gasteiger partial charge is 0.191 e. The molecule has 0 aliphatic carbocycles. The number of halogens is 1. The van der Waals surface area contributed by atoms with Gasteiger partial charge in [-0.25, -0.2) is 13.4 Å². The lowest BCUT2D eigenvalue weighted by atomic mass is 10.1. The summed E-state index contributed by atoms with van der Waals surface area (Å²) in [5.41, 5.74) is 2.11. The van der Waals surface area contributed by atoms with E-state index in [0.717, 1.165) is 16.9 Å². The summed E-state index contributed by atoms with van der Waals surface area (Å²) in [4.78, 5) is 4.93. The SMILES string of the molecule is CCNC(=NCc1ccc(C)cc1OC(C)C)NCCS(=O)(=O)c1ccccc1.I. The van der Waals surface area contributed by atoms with Crippen molar-refractivity contribution in [2.45, 2.75) is 45.2 Å². The van der Waals surface area contributed by atoms with E-state index >= 15 is 0 Å². The summed E-state index contributed by atoms with van der Waals surface area (Å²) >= 11 is 0. The van der Waals surface area contributed by atoms with Crippen LogP contribution in [0, 0.1) is 6.92 Å². The maximum Gasteiger partial charge on any atom is 0.191 e. The van der Waals surface area contributed by atoms with Gasteiger partial charge in [0, 0.05) is 18.7 Å². The largest absolute Gasteiger partial charge is 0.491 e. The minimum atomic E-state index is -3.33. The molecule has 2 aromatic rings. The lowest BCUT2D eigenvalue weighted by Gasteiger charge is -2.15. The van der Waals surface area contributed by atoms with Crippen LogP contribution in [0.3, 0.4) is 0 Å². The fourth-order valence-corrected chi connectivity index (χ4v) is 3.89. The van der Waals surface area contributed by atoms with Crippen molar-refractivity contribution in [2.75, 3.05) is 18.8 Å². The standard InChI is InChI=1S/C22H31N3O3S.HI/c1-5-23-22(24-13-14-29(26,27)20-9-7-6-8-10-20)25-16-19-12-11-18(4)15-21(19)28-17(2)3;/h6-12,15,17H,5,13-14,16H2,1-4H3,(H2,23,24,25);1H. The lowest BCUT2D eigenvalue weighted by molar-refractivity contribution is 0.240. The molecule has 2 N–H and O–H groups in total. The molecule has 0 bridgehead atoms. The Hall–Kier alpha value is -1.81. The van der Waals surface area contributed by atoms with Gasteiger partial charge in [0.05, 0.1) is 23.3 Å². The molecule has 0 heterocycles. The molecule has 0 saturated carbocycles. The van der Waals surface area contributed by atoms with Crippen LogP contribution in [0.2, 0.25) is 0 Å². The maximum atomic E-state index is 12.4. The van der Waals surface area contributed by atoms with E-state index in [1.54, 1.807) is 30.3 Å². The van der Waals surface area contributed by atoms with Crippen molar-refractivity contribution in [3.05, 3.63) is 59.7 Å². The number of nitrogens with one attached hydrogen (secondary N) is 2. The molecule has 2 aromatic carbocycles. The van der Waals surface area contributed by atoms with Gasteiger partial charge in [-0.15, -0.1) is 24.0 Å². The van der Waals surface area contributed by atoms with Gasteiger partial charge in [-0.3, -0.25) is 0 Å². The molecule has 30 heavy (non-hydrogen) atoms. The van der Waals surface area contributed by atoms with Crippen molar-refractivity contribution in [1.29, 1.82) is 0 Å². The molecule has 6 nitrogen and oxygen atoms in total. The zero-order valence-corrected chi connectivity index (χ0v) is 21.2. The Balaban J connectivity index is 0.00000450. The van der Waals surface area contributed by atoms with Gasteiger partial charge in [0.15, 0.2) is 15.8 Å². The summed E-state index contributed by atoms with van der Waals surface area (Å²) in [5, 5.41) is 6.26. The third-order valence-corrected chi connectivity index (χ3v) is 5.83. The van der Waals surface area contributed by atoms with Crippen LogP contribution in [0.15, 0.2) is 58.4 Å². The van der Waals surface area contributed by atoms with Crippen LogP contribution < -0.4 is 15.4 Å². The van der Waals surface area contributed by atoms with Gasteiger partial charge < -0.3 is 15.4 Å². The number of rotatable bonds is 9. The number of hydrogen-bond acceptors (Lipinski definition) is 4. The van der Waals surface area contributed by atoms with Crippen LogP contribution >= 0.6 is 24.0 Å². The van der Waals surface area contributed by atoms with Gasteiger partial charge in [0.25, 0.3) is 0 Å². The molecular weight excluding hydrogens is 513 g/mol. The van der Waals surface area contributed by atoms with Crippen LogP contribution in [-0.4, -0.2) is 39.3 Å². The van der Waals surface area contributed by atoms with Crippen LogP contribution in [-0.2, 0) is 16.4 Å². The summed E-state index contributed by atoms with van der Waals surface area (Å²) in [6.45, 7) is 9.37. The van der Waals surface area contributed by atoms with E-state index in [-0.39, 0.29) is 42.4 Å². The number of benzene rings is 2. The Morgan fingerprint density at radius 1 is 1.10 bits per heavy atom. The van der Waals surface area contributed by atoms with Crippen molar-refractivity contribution in [2.24, 2.45) is 4.99 Å². The number of hydrogen-bond donors (Lipinski definition) is 2. The molecule has 166 valence electrons. The predicted octanol–water partition coefficient (Wildman–Crippen LogP) is 3.93. The zero-order chi connectivity index (χ0) is 21.3. The summed E-state index contributed by atoms with van der Waals surface area (Å²) in [6.07, 6.45) is 0.0779. The fraction of sp³-hybridized carbons (Fsp3) is 0.409. The molecule has 0 saturated heterocycles. The van der Waals surface area contributed by atoms with E-state index < -0.39 is 9.84 Å². The molecular formula is C22H32IN3O3S. The molecule has 0 spiro atoms. The van der Waals surface area contributed by atoms with Crippen LogP contribution in [0.5, 0.6) is 5.75 Å². The van der Waals surface area contributed by atoms with Gasteiger partial charge in [0.1, 0.15) is 5.75 Å². The summed E-state index contributed by atoms with van der Waals surface area (Å²) < 4.78 is 30.7. The number of aliphatic imine (C=N–C) groups is 1. The van der Waals surface area contributed by atoms with E-state index in [2.05, 4.69) is 15.6 Å². The first-order valence-corrected chi connectivity index (χ1v) is 11.5. The van der Waals surface area contributed by atoms with Gasteiger partial charge in [-0.2, -0.15) is 0 Å². The quantitative estimate of drug-likeness (QED) is 0.284. The van der Waals surface area contributed by atoms with Crippen molar-refractivity contribution >= 4 is 39.8 Å². The Bertz CT molecular complexity index is 916. The van der Waals surface area contributed by atoms with Crippen LogP contribution in [0.4, 0.5) is 0 Å². The van der Waals surface area contributed by atoms with Crippen molar-refractivity contribution in [3.63, 3.8) is 0 Å². The van der Waals surface area contributed by atoms with E-state index in [0.29, 0.717) is 23.9 Å². The topological polar surface area (TPSA) is 79.8 Å². The lowest BCUT2D eigenvalue weighted by Crippen LogP contribution is -2.39.